The molecule has 0 saturated carbocycles. The molecule has 1 saturated heterocycles. The van der Waals surface area contributed by atoms with Gasteiger partial charge in [0.15, 0.2) is 14.1 Å². The van der Waals surface area contributed by atoms with E-state index in [1.54, 1.807) is 0 Å². The topological polar surface area (TPSA) is 46.6 Å². The highest BCUT2D eigenvalue weighted by molar-refractivity contribution is 6.69. The number of carbonyl (C=O) groups is 2. The highest BCUT2D eigenvalue weighted by atomic mass is 28.4. The van der Waals surface area contributed by atoms with Crippen LogP contribution in [0.5, 0.6) is 0 Å². The van der Waals surface area contributed by atoms with E-state index in [1.807, 2.05) is 23.1 Å². The van der Waals surface area contributed by atoms with Crippen LogP contribution in [0, 0.1) is 0 Å². The molecule has 146 valence electrons. The van der Waals surface area contributed by atoms with Crippen LogP contribution in [-0.4, -0.2) is 44.1 Å². The van der Waals surface area contributed by atoms with Crippen molar-refractivity contribution in [3.8, 4) is 0 Å². The number of nitrogens with zero attached hydrogens (tertiary/aromatic N) is 1. The third kappa shape index (κ3) is 5.17. The summed E-state index contributed by atoms with van der Waals surface area (Å²) in [5, 5.41) is 0. The van der Waals surface area contributed by atoms with Gasteiger partial charge in [0.05, 0.1) is 11.7 Å². The van der Waals surface area contributed by atoms with Crippen LogP contribution in [-0.2, 0) is 20.4 Å². The lowest BCUT2D eigenvalue weighted by Crippen LogP contribution is -2.36. The van der Waals surface area contributed by atoms with Gasteiger partial charge in [0.2, 0.25) is 0 Å². The van der Waals surface area contributed by atoms with E-state index in [1.165, 1.54) is 5.56 Å². The molecule has 1 heterocycles. The Morgan fingerprint density at radius 1 is 1.11 bits per heavy atom. The minimum absolute atomic E-state index is 0.00536. The molecule has 1 unspecified atom stereocenters. The van der Waals surface area contributed by atoms with E-state index >= 15 is 0 Å². The normalized spacial score (nSPS) is 19.1. The number of hydrogen-bond acceptors (Lipinski definition) is 3. The number of amides is 1. The minimum Gasteiger partial charge on any atom is -0.411 e. The first kappa shape index (κ1) is 20.0. The number of ketones is 1. The van der Waals surface area contributed by atoms with Crippen LogP contribution in [0.4, 0.5) is 0 Å². The number of aryl methyl sites for hydroxylation is 1. The Kier molecular flexibility index (Phi) is 6.32. The predicted octanol–water partition coefficient (Wildman–Crippen LogP) is 4.12. The molecule has 0 radical (unpaired) electrons. The number of rotatable bonds is 7. The average molecular weight is 386 g/mol. The Balaban J connectivity index is 1.85. The molecule has 1 atom stereocenters. The molecule has 1 aliphatic carbocycles. The first-order valence-electron chi connectivity index (χ1n) is 10.1. The molecule has 0 N–H and O–H groups in total. The molecule has 5 heteroatoms. The summed E-state index contributed by atoms with van der Waals surface area (Å²) in [6.45, 7) is 8.05. The van der Waals surface area contributed by atoms with Gasteiger partial charge in [-0.2, -0.15) is 0 Å². The second-order valence-electron chi connectivity index (χ2n) is 8.57. The van der Waals surface area contributed by atoms with Crippen molar-refractivity contribution in [2.45, 2.75) is 64.3 Å². The van der Waals surface area contributed by atoms with Gasteiger partial charge < -0.3 is 9.33 Å². The van der Waals surface area contributed by atoms with Crippen LogP contribution in [0.2, 0.25) is 19.6 Å². The van der Waals surface area contributed by atoms with Gasteiger partial charge in [-0.25, -0.2) is 0 Å². The van der Waals surface area contributed by atoms with Gasteiger partial charge in [0, 0.05) is 19.5 Å². The summed E-state index contributed by atoms with van der Waals surface area (Å²) < 4.78 is 6.49. The van der Waals surface area contributed by atoms with Crippen molar-refractivity contribution in [1.82, 2.24) is 4.90 Å². The maximum atomic E-state index is 13.0. The molecule has 1 aromatic carbocycles. The van der Waals surface area contributed by atoms with E-state index in [2.05, 4.69) is 31.8 Å². The Morgan fingerprint density at radius 2 is 1.78 bits per heavy atom. The highest BCUT2D eigenvalue weighted by Crippen LogP contribution is 2.33. The van der Waals surface area contributed by atoms with Crippen molar-refractivity contribution in [1.29, 1.82) is 0 Å². The quantitative estimate of drug-likeness (QED) is 0.524. The molecule has 0 aromatic heterocycles. The Bertz CT molecular complexity index is 715. The Labute approximate surface area is 163 Å². The van der Waals surface area contributed by atoms with Gasteiger partial charge >= 0.3 is 0 Å². The van der Waals surface area contributed by atoms with Crippen molar-refractivity contribution in [2.24, 2.45) is 0 Å². The summed E-state index contributed by atoms with van der Waals surface area (Å²) in [4.78, 5) is 27.4. The minimum atomic E-state index is -1.81. The van der Waals surface area contributed by atoms with E-state index in [9.17, 15) is 9.59 Å². The summed E-state index contributed by atoms with van der Waals surface area (Å²) >= 11 is 0. The largest absolute Gasteiger partial charge is 0.411 e. The lowest BCUT2D eigenvalue weighted by Gasteiger charge is -2.29. The number of carbonyl (C=O) groups excluding carboxylic acids is 2. The van der Waals surface area contributed by atoms with Crippen molar-refractivity contribution in [3.05, 3.63) is 47.0 Å². The van der Waals surface area contributed by atoms with E-state index in [4.69, 9.17) is 4.43 Å². The average Bonchev–Trinajstić information content (AvgIpc) is 3.28. The lowest BCUT2D eigenvalue weighted by atomic mass is 9.98. The molecule has 1 fully saturated rings. The number of benzene rings is 1. The molecule has 1 aromatic rings. The third-order valence-electron chi connectivity index (χ3n) is 5.25. The molecule has 2 aliphatic rings. The molecule has 0 bridgehead atoms. The molecular formula is C22H31NO3Si. The van der Waals surface area contributed by atoms with Crippen molar-refractivity contribution in [3.63, 3.8) is 0 Å². The van der Waals surface area contributed by atoms with Crippen LogP contribution in [0.3, 0.4) is 0 Å². The molecular weight excluding hydrogens is 354 g/mol. The Hall–Kier alpha value is -1.72. The van der Waals surface area contributed by atoms with Crippen LogP contribution in [0.25, 0.3) is 0 Å². The van der Waals surface area contributed by atoms with Gasteiger partial charge in [0.1, 0.15) is 0 Å². The maximum absolute atomic E-state index is 13.0. The van der Waals surface area contributed by atoms with Crippen LogP contribution in [0.1, 0.15) is 37.7 Å². The first-order chi connectivity index (χ1) is 12.8. The zero-order chi connectivity index (χ0) is 19.4. The number of Topliss-reactive ketones (excluding diaryl/α,β-unsaturated/α-hetero) is 1. The molecule has 0 spiro atoms. The van der Waals surface area contributed by atoms with Crippen LogP contribution < -0.4 is 0 Å². The summed E-state index contributed by atoms with van der Waals surface area (Å²) in [7, 11) is -1.81. The molecule has 1 aliphatic heterocycles. The number of hydrogen-bond donors (Lipinski definition) is 0. The summed E-state index contributed by atoms with van der Waals surface area (Å²) in [6, 6.07) is 10.4. The smallest absolute Gasteiger partial charge is 0.257 e. The maximum Gasteiger partial charge on any atom is 0.257 e. The fraction of sp³-hybridized carbons (Fsp3) is 0.545. The van der Waals surface area contributed by atoms with Gasteiger partial charge in [0.25, 0.3) is 5.91 Å². The summed E-state index contributed by atoms with van der Waals surface area (Å²) in [5.74, 6) is -0.0559. The summed E-state index contributed by atoms with van der Waals surface area (Å²) in [6.07, 6.45) is 4.74. The standard InChI is InChI=1S/C22H31NO3Si/c1-27(2,3)26-20(14-11-17-9-5-4-6-10-17)18-12-13-19(24)21(18)22(25)23-15-7-8-16-23/h4-6,9-10,20H,7-8,11-16H2,1-3H3. The highest BCUT2D eigenvalue weighted by Gasteiger charge is 2.37. The monoisotopic (exact) mass is 385 g/mol. The second kappa shape index (κ2) is 8.53. The van der Waals surface area contributed by atoms with Crippen LogP contribution in [0.15, 0.2) is 41.5 Å². The predicted molar refractivity (Wildman–Crippen MR) is 110 cm³/mol. The van der Waals surface area contributed by atoms with Gasteiger partial charge in [-0.1, -0.05) is 30.3 Å². The zero-order valence-corrected chi connectivity index (χ0v) is 17.8. The van der Waals surface area contributed by atoms with Crippen LogP contribution >= 0.6 is 0 Å². The SMILES string of the molecule is C[Si](C)(C)OC(CCc1ccccc1)C1=C(C(=O)N2CCCC2)C(=O)CC1. The van der Waals surface area contributed by atoms with Gasteiger partial charge in [-0.3, -0.25) is 9.59 Å². The van der Waals surface area contributed by atoms with Crippen molar-refractivity contribution >= 4 is 20.0 Å². The second-order valence-corrected chi connectivity index (χ2v) is 13.0. The molecule has 3 rings (SSSR count). The van der Waals surface area contributed by atoms with Crippen molar-refractivity contribution < 1.29 is 14.0 Å². The fourth-order valence-electron chi connectivity index (χ4n) is 4.01. The molecule has 4 nitrogen and oxygen atoms in total. The molecule has 1 amide bonds. The lowest BCUT2D eigenvalue weighted by molar-refractivity contribution is -0.128. The van der Waals surface area contributed by atoms with Gasteiger partial charge in [-0.05, 0) is 62.9 Å². The summed E-state index contributed by atoms with van der Waals surface area (Å²) in [5.41, 5.74) is 2.66. The van der Waals surface area contributed by atoms with E-state index < -0.39 is 8.32 Å². The third-order valence-corrected chi connectivity index (χ3v) is 6.24. The number of likely N-dealkylation sites (tertiary alicyclic amines) is 1. The Morgan fingerprint density at radius 3 is 2.41 bits per heavy atom. The zero-order valence-electron chi connectivity index (χ0n) is 16.8. The van der Waals surface area contributed by atoms with E-state index in [-0.39, 0.29) is 17.8 Å². The first-order valence-corrected chi connectivity index (χ1v) is 13.5. The fourth-order valence-corrected chi connectivity index (χ4v) is 5.12. The van der Waals surface area contributed by atoms with Gasteiger partial charge in [-0.15, -0.1) is 0 Å². The van der Waals surface area contributed by atoms with E-state index in [0.717, 1.165) is 44.3 Å². The molecule has 27 heavy (non-hydrogen) atoms. The van der Waals surface area contributed by atoms with Crippen molar-refractivity contribution in [2.75, 3.05) is 13.1 Å². The van der Waals surface area contributed by atoms with E-state index in [0.29, 0.717) is 18.4 Å².